The number of rotatable bonds is 10. The summed E-state index contributed by atoms with van der Waals surface area (Å²) in [7, 11) is 4.32. The van der Waals surface area contributed by atoms with Crippen molar-refractivity contribution >= 4 is 17.7 Å². The van der Waals surface area contributed by atoms with Crippen molar-refractivity contribution in [3.63, 3.8) is 0 Å². The van der Waals surface area contributed by atoms with Gasteiger partial charge in [-0.2, -0.15) is 0 Å². The summed E-state index contributed by atoms with van der Waals surface area (Å²) in [6.45, 7) is 2.94. The molecule has 1 aromatic carbocycles. The lowest BCUT2D eigenvalue weighted by Crippen LogP contribution is -2.53. The predicted octanol–water partition coefficient (Wildman–Crippen LogP) is 4.39. The Morgan fingerprint density at radius 3 is 2.26 bits per heavy atom. The summed E-state index contributed by atoms with van der Waals surface area (Å²) in [6.07, 6.45) is 5.49. The van der Waals surface area contributed by atoms with Crippen molar-refractivity contribution in [2.75, 3.05) is 34.5 Å². The first-order valence-electron chi connectivity index (χ1n) is 12.2. The molecule has 0 aliphatic heterocycles. The van der Waals surface area contributed by atoms with Gasteiger partial charge in [0.15, 0.2) is 5.92 Å². The van der Waals surface area contributed by atoms with Crippen molar-refractivity contribution < 1.29 is 33.3 Å². The van der Waals surface area contributed by atoms with Crippen molar-refractivity contribution in [2.45, 2.75) is 51.0 Å². The summed E-state index contributed by atoms with van der Waals surface area (Å²) < 4.78 is 27.7. The van der Waals surface area contributed by atoms with Crippen LogP contribution in [0, 0.1) is 23.7 Å². The van der Waals surface area contributed by atoms with Crippen molar-refractivity contribution in [1.29, 1.82) is 0 Å². The van der Waals surface area contributed by atoms with E-state index in [-0.39, 0.29) is 12.0 Å². The Bertz CT molecular complexity index is 903. The third kappa shape index (κ3) is 4.81. The topological polar surface area (TPSA) is 80.3 Å². The Balaban J connectivity index is 1.51. The molecule has 0 spiro atoms. The average molecular weight is 473 g/mol. The molecule has 4 saturated carbocycles. The molecule has 4 aliphatic rings. The fourth-order valence-corrected chi connectivity index (χ4v) is 6.57. The zero-order chi connectivity index (χ0) is 24.3. The fraction of sp³-hybridized carbons (Fsp3) is 0.630. The standard InChI is InChI=1S/C27H36O7/c1-5-33-21-8-6-7-18(13-21)24(30-2)23-19-11-17-12-20(23)16-27(14-17,15-19)34-10-9-22(25(28)31-3)26(29)32-4/h6-8,13,17,19-20,22H,5,9-12,14-16H2,1-4H3. The molecule has 0 saturated heterocycles. The van der Waals surface area contributed by atoms with Gasteiger partial charge in [-0.1, -0.05) is 12.1 Å². The van der Waals surface area contributed by atoms with Crippen LogP contribution in [0.25, 0.3) is 5.76 Å². The first-order chi connectivity index (χ1) is 16.4. The number of hydrogen-bond donors (Lipinski definition) is 0. The van der Waals surface area contributed by atoms with Crippen LogP contribution in [-0.2, 0) is 28.5 Å². The molecular formula is C27H36O7. The summed E-state index contributed by atoms with van der Waals surface area (Å²) in [6, 6.07) is 8.14. The van der Waals surface area contributed by atoms with Crippen LogP contribution in [0.4, 0.5) is 0 Å². The molecule has 0 heterocycles. The Labute approximate surface area is 201 Å². The van der Waals surface area contributed by atoms with Gasteiger partial charge >= 0.3 is 11.9 Å². The lowest BCUT2D eigenvalue weighted by Gasteiger charge is -2.57. The van der Waals surface area contributed by atoms with Gasteiger partial charge in [-0.25, -0.2) is 0 Å². The number of benzene rings is 1. The molecule has 2 unspecified atom stereocenters. The molecule has 34 heavy (non-hydrogen) atoms. The molecular weight excluding hydrogens is 436 g/mol. The molecule has 1 aromatic rings. The van der Waals surface area contributed by atoms with E-state index in [9.17, 15) is 9.59 Å². The molecule has 0 N–H and O–H groups in total. The van der Waals surface area contributed by atoms with Crippen LogP contribution in [0.5, 0.6) is 5.75 Å². The summed E-state index contributed by atoms with van der Waals surface area (Å²) in [4.78, 5) is 24.0. The van der Waals surface area contributed by atoms with Gasteiger partial charge in [0.1, 0.15) is 11.5 Å². The smallest absolute Gasteiger partial charge is 0.320 e. The minimum Gasteiger partial charge on any atom is -0.496 e. The van der Waals surface area contributed by atoms with Crippen molar-refractivity contribution in [3.05, 3.63) is 35.4 Å². The van der Waals surface area contributed by atoms with E-state index < -0.39 is 17.9 Å². The second-order valence-electron chi connectivity index (χ2n) is 9.71. The van der Waals surface area contributed by atoms with E-state index in [0.29, 0.717) is 31.0 Å². The molecule has 2 atom stereocenters. The maximum absolute atomic E-state index is 12.0. The largest absolute Gasteiger partial charge is 0.496 e. The van der Waals surface area contributed by atoms with Gasteiger partial charge in [0.2, 0.25) is 0 Å². The number of methoxy groups -OCH3 is 3. The molecule has 4 bridgehead atoms. The summed E-state index contributed by atoms with van der Waals surface area (Å²) >= 11 is 0. The Kier molecular flexibility index (Phi) is 7.51. The first-order valence-corrected chi connectivity index (χ1v) is 12.2. The first kappa shape index (κ1) is 24.6. The molecule has 0 aromatic heterocycles. The summed E-state index contributed by atoms with van der Waals surface area (Å²) in [5.41, 5.74) is 2.27. The van der Waals surface area contributed by atoms with Gasteiger partial charge in [-0.3, -0.25) is 9.59 Å². The maximum Gasteiger partial charge on any atom is 0.320 e. The van der Waals surface area contributed by atoms with Crippen LogP contribution in [0.2, 0.25) is 0 Å². The van der Waals surface area contributed by atoms with E-state index in [2.05, 4.69) is 12.1 Å². The van der Waals surface area contributed by atoms with E-state index in [1.165, 1.54) is 19.8 Å². The monoisotopic (exact) mass is 472 g/mol. The van der Waals surface area contributed by atoms with Crippen LogP contribution in [0.1, 0.15) is 51.0 Å². The highest BCUT2D eigenvalue weighted by atomic mass is 16.5. The highest BCUT2D eigenvalue weighted by molar-refractivity contribution is 5.94. The molecule has 5 rings (SSSR count). The zero-order valence-electron chi connectivity index (χ0n) is 20.6. The number of esters is 2. The van der Waals surface area contributed by atoms with Gasteiger partial charge in [-0.15, -0.1) is 0 Å². The number of ether oxygens (including phenoxy) is 5. The van der Waals surface area contributed by atoms with Crippen LogP contribution in [0.3, 0.4) is 0 Å². The van der Waals surface area contributed by atoms with Gasteiger partial charge in [0, 0.05) is 12.2 Å². The minimum atomic E-state index is -0.947. The molecule has 7 heteroatoms. The van der Waals surface area contributed by atoms with E-state index >= 15 is 0 Å². The van der Waals surface area contributed by atoms with Crippen LogP contribution >= 0.6 is 0 Å². The molecule has 0 radical (unpaired) electrons. The third-order valence-corrected chi connectivity index (χ3v) is 7.67. The minimum absolute atomic E-state index is 0.206. The molecule has 186 valence electrons. The second kappa shape index (κ2) is 10.4. The average Bonchev–Trinajstić information content (AvgIpc) is 2.83. The van der Waals surface area contributed by atoms with E-state index in [0.717, 1.165) is 49.2 Å². The van der Waals surface area contributed by atoms with Gasteiger partial charge < -0.3 is 23.7 Å². The van der Waals surface area contributed by atoms with Gasteiger partial charge in [-0.05, 0) is 80.9 Å². The van der Waals surface area contributed by atoms with Crippen LogP contribution in [-0.4, -0.2) is 52.1 Å². The molecule has 7 nitrogen and oxygen atoms in total. The number of allylic oxidation sites excluding steroid dienone is 1. The van der Waals surface area contributed by atoms with Gasteiger partial charge in [0.05, 0.1) is 33.5 Å². The zero-order valence-corrected chi connectivity index (χ0v) is 20.6. The Hall–Kier alpha value is -2.54. The van der Waals surface area contributed by atoms with Crippen molar-refractivity contribution in [2.24, 2.45) is 23.7 Å². The predicted molar refractivity (Wildman–Crippen MR) is 126 cm³/mol. The SMILES string of the molecule is CCOc1cccc(C(OC)=C2C3CC4CC2CC(OCCC(C(=O)OC)C(=O)OC)(C4)C3)c1. The number of hydrogen-bond acceptors (Lipinski definition) is 7. The maximum atomic E-state index is 12.0. The fourth-order valence-electron chi connectivity index (χ4n) is 6.57. The Morgan fingerprint density at radius 1 is 1.00 bits per heavy atom. The quantitative estimate of drug-likeness (QED) is 0.284. The second-order valence-corrected chi connectivity index (χ2v) is 9.71. The van der Waals surface area contributed by atoms with E-state index in [4.69, 9.17) is 23.7 Å². The van der Waals surface area contributed by atoms with Gasteiger partial charge in [0.25, 0.3) is 0 Å². The van der Waals surface area contributed by atoms with Crippen LogP contribution < -0.4 is 4.74 Å². The Morgan fingerprint density at radius 2 is 1.68 bits per heavy atom. The summed E-state index contributed by atoms with van der Waals surface area (Å²) in [5, 5.41) is 0. The molecule has 4 fully saturated rings. The number of carbonyl (C=O) groups excluding carboxylic acids is 2. The van der Waals surface area contributed by atoms with Crippen molar-refractivity contribution in [3.8, 4) is 5.75 Å². The highest BCUT2D eigenvalue weighted by Gasteiger charge is 2.55. The van der Waals surface area contributed by atoms with E-state index in [1.54, 1.807) is 7.11 Å². The summed E-state index contributed by atoms with van der Waals surface area (Å²) in [5.74, 6) is 1.17. The lowest BCUT2D eigenvalue weighted by atomic mass is 9.52. The van der Waals surface area contributed by atoms with E-state index in [1.807, 2.05) is 19.1 Å². The van der Waals surface area contributed by atoms with Crippen LogP contribution in [0.15, 0.2) is 29.8 Å². The molecule has 4 aliphatic carbocycles. The number of carbonyl (C=O) groups is 2. The normalized spacial score (nSPS) is 27.0. The lowest BCUT2D eigenvalue weighted by molar-refractivity contribution is -0.165. The molecule has 0 amide bonds. The highest BCUT2D eigenvalue weighted by Crippen LogP contribution is 2.60. The van der Waals surface area contributed by atoms with Crippen molar-refractivity contribution in [1.82, 2.24) is 0 Å². The third-order valence-electron chi connectivity index (χ3n) is 7.67.